The second kappa shape index (κ2) is 9.20. The zero-order valence-corrected chi connectivity index (χ0v) is 18.4. The summed E-state index contributed by atoms with van der Waals surface area (Å²) in [6.07, 6.45) is 0. The minimum absolute atomic E-state index is 0.0401. The highest BCUT2D eigenvalue weighted by atomic mass is 35.5. The smallest absolute Gasteiger partial charge is 0.264 e. The standard InChI is InChI=1S/C22H20ClN3O4S/c1-24-21(27)15-6-3-9-18(12-15)25-22(28)16-7-4-11-20(13-16)31(29,30)26(2)19-10-5-8-17(23)14-19/h3-14H,1-2H3,(H,24,27)(H,25,28). The highest BCUT2D eigenvalue weighted by Gasteiger charge is 2.22. The average molecular weight is 458 g/mol. The zero-order valence-electron chi connectivity index (χ0n) is 16.8. The predicted octanol–water partition coefficient (Wildman–Crippen LogP) is 3.78. The summed E-state index contributed by atoms with van der Waals surface area (Å²) in [7, 11) is -0.989. The van der Waals surface area contributed by atoms with Gasteiger partial charge in [0.05, 0.1) is 10.6 Å². The number of anilines is 2. The number of carbonyl (C=O) groups excluding carboxylic acids is 2. The maximum absolute atomic E-state index is 13.0. The molecule has 7 nitrogen and oxygen atoms in total. The molecule has 0 spiro atoms. The van der Waals surface area contributed by atoms with Gasteiger partial charge in [-0.15, -0.1) is 0 Å². The van der Waals surface area contributed by atoms with E-state index in [1.807, 2.05) is 0 Å². The monoisotopic (exact) mass is 457 g/mol. The molecule has 0 bridgehead atoms. The summed E-state index contributed by atoms with van der Waals surface area (Å²) in [6, 6.07) is 18.6. The number of nitrogens with zero attached hydrogens (tertiary/aromatic N) is 1. The SMILES string of the molecule is CNC(=O)c1cccc(NC(=O)c2cccc(S(=O)(=O)N(C)c3cccc(Cl)c3)c2)c1. The van der Waals surface area contributed by atoms with Crippen molar-refractivity contribution in [1.82, 2.24) is 5.32 Å². The zero-order chi connectivity index (χ0) is 22.6. The van der Waals surface area contributed by atoms with Gasteiger partial charge in [-0.25, -0.2) is 8.42 Å². The second-order valence-corrected chi connectivity index (χ2v) is 9.00. The van der Waals surface area contributed by atoms with Gasteiger partial charge in [-0.05, 0) is 54.6 Å². The first-order valence-corrected chi connectivity index (χ1v) is 11.0. The average Bonchev–Trinajstić information content (AvgIpc) is 2.78. The van der Waals surface area contributed by atoms with E-state index < -0.39 is 15.9 Å². The Kier molecular flexibility index (Phi) is 6.62. The van der Waals surface area contributed by atoms with Crippen LogP contribution in [0, 0.1) is 0 Å². The van der Waals surface area contributed by atoms with Crippen molar-refractivity contribution in [3.05, 3.63) is 88.9 Å². The van der Waals surface area contributed by atoms with Crippen molar-refractivity contribution in [2.75, 3.05) is 23.7 Å². The van der Waals surface area contributed by atoms with Crippen LogP contribution in [0.4, 0.5) is 11.4 Å². The molecule has 3 rings (SSSR count). The maximum atomic E-state index is 13.0. The topological polar surface area (TPSA) is 95.6 Å². The summed E-state index contributed by atoms with van der Waals surface area (Å²) < 4.78 is 27.2. The van der Waals surface area contributed by atoms with Gasteiger partial charge in [0.15, 0.2) is 0 Å². The lowest BCUT2D eigenvalue weighted by molar-refractivity contribution is 0.0961. The molecular weight excluding hydrogens is 438 g/mol. The lowest BCUT2D eigenvalue weighted by Gasteiger charge is -2.20. The molecule has 0 saturated carbocycles. The predicted molar refractivity (Wildman–Crippen MR) is 121 cm³/mol. The number of hydrogen-bond acceptors (Lipinski definition) is 4. The van der Waals surface area contributed by atoms with Crippen molar-refractivity contribution in [3.63, 3.8) is 0 Å². The van der Waals surface area contributed by atoms with Crippen molar-refractivity contribution < 1.29 is 18.0 Å². The molecule has 0 aliphatic carbocycles. The minimum atomic E-state index is -3.92. The van der Waals surface area contributed by atoms with E-state index in [1.165, 1.54) is 50.5 Å². The summed E-state index contributed by atoms with van der Waals surface area (Å²) in [5.74, 6) is -0.787. The van der Waals surface area contributed by atoms with E-state index in [2.05, 4.69) is 10.6 Å². The fraction of sp³-hybridized carbons (Fsp3) is 0.0909. The number of sulfonamides is 1. The van der Waals surface area contributed by atoms with Crippen LogP contribution in [0.15, 0.2) is 77.7 Å². The first kappa shape index (κ1) is 22.3. The third-order valence-corrected chi connectivity index (χ3v) is 6.55. The molecule has 0 heterocycles. The molecule has 2 N–H and O–H groups in total. The molecule has 160 valence electrons. The second-order valence-electron chi connectivity index (χ2n) is 6.59. The lowest BCUT2D eigenvalue weighted by Crippen LogP contribution is -2.26. The molecule has 9 heteroatoms. The lowest BCUT2D eigenvalue weighted by atomic mass is 10.1. The van der Waals surface area contributed by atoms with Crippen molar-refractivity contribution in [1.29, 1.82) is 0 Å². The van der Waals surface area contributed by atoms with Crippen molar-refractivity contribution in [3.8, 4) is 0 Å². The third-order valence-electron chi connectivity index (χ3n) is 4.54. The Balaban J connectivity index is 1.85. The molecular formula is C22H20ClN3O4S. The van der Waals surface area contributed by atoms with Gasteiger partial charge >= 0.3 is 0 Å². The highest BCUT2D eigenvalue weighted by Crippen LogP contribution is 2.25. The fourth-order valence-electron chi connectivity index (χ4n) is 2.85. The van der Waals surface area contributed by atoms with E-state index >= 15 is 0 Å². The molecule has 0 aromatic heterocycles. The first-order chi connectivity index (χ1) is 14.7. The Morgan fingerprint density at radius 2 is 1.52 bits per heavy atom. The van der Waals surface area contributed by atoms with Crippen LogP contribution >= 0.6 is 11.6 Å². The van der Waals surface area contributed by atoms with Gasteiger partial charge in [-0.3, -0.25) is 13.9 Å². The number of amides is 2. The molecule has 31 heavy (non-hydrogen) atoms. The summed E-state index contributed by atoms with van der Waals surface area (Å²) in [6.45, 7) is 0. The molecule has 0 unspecified atom stereocenters. The summed E-state index contributed by atoms with van der Waals surface area (Å²) in [4.78, 5) is 24.4. The van der Waals surface area contributed by atoms with Gasteiger partial charge in [0.25, 0.3) is 21.8 Å². The van der Waals surface area contributed by atoms with E-state index in [0.717, 1.165) is 4.31 Å². The van der Waals surface area contributed by atoms with E-state index in [4.69, 9.17) is 11.6 Å². The van der Waals surface area contributed by atoms with Crippen molar-refractivity contribution in [2.45, 2.75) is 4.90 Å². The van der Waals surface area contributed by atoms with Gasteiger partial charge in [-0.1, -0.05) is 29.8 Å². The maximum Gasteiger partial charge on any atom is 0.264 e. The van der Waals surface area contributed by atoms with Gasteiger partial charge in [-0.2, -0.15) is 0 Å². The number of hydrogen-bond donors (Lipinski definition) is 2. The first-order valence-electron chi connectivity index (χ1n) is 9.20. The van der Waals surface area contributed by atoms with Crippen LogP contribution in [-0.2, 0) is 10.0 Å². The van der Waals surface area contributed by atoms with Gasteiger partial charge < -0.3 is 10.6 Å². The van der Waals surface area contributed by atoms with Crippen LogP contribution < -0.4 is 14.9 Å². The number of halogens is 1. The van der Waals surface area contributed by atoms with E-state index in [0.29, 0.717) is 22.0 Å². The number of nitrogens with one attached hydrogen (secondary N) is 2. The fourth-order valence-corrected chi connectivity index (χ4v) is 4.27. The summed E-state index contributed by atoms with van der Waals surface area (Å²) >= 11 is 5.97. The van der Waals surface area contributed by atoms with Gasteiger partial charge in [0, 0.05) is 35.9 Å². The van der Waals surface area contributed by atoms with Crippen molar-refractivity contribution in [2.24, 2.45) is 0 Å². The molecule has 2 amide bonds. The van der Waals surface area contributed by atoms with Crippen LogP contribution in [0.3, 0.4) is 0 Å². The Bertz CT molecular complexity index is 1240. The molecule has 0 fully saturated rings. The van der Waals surface area contributed by atoms with Gasteiger partial charge in [0.1, 0.15) is 0 Å². The van der Waals surface area contributed by atoms with E-state index in [1.54, 1.807) is 36.4 Å². The van der Waals surface area contributed by atoms with Crippen molar-refractivity contribution >= 4 is 44.8 Å². The van der Waals surface area contributed by atoms with Crippen LogP contribution in [-0.4, -0.2) is 34.3 Å². The molecule has 3 aromatic rings. The van der Waals surface area contributed by atoms with Crippen LogP contribution in [0.2, 0.25) is 5.02 Å². The van der Waals surface area contributed by atoms with Crippen LogP contribution in [0.1, 0.15) is 20.7 Å². The number of benzene rings is 3. The minimum Gasteiger partial charge on any atom is -0.355 e. The largest absolute Gasteiger partial charge is 0.355 e. The molecule has 0 aliphatic heterocycles. The third kappa shape index (κ3) is 5.04. The van der Waals surface area contributed by atoms with Gasteiger partial charge in [0.2, 0.25) is 0 Å². The Morgan fingerprint density at radius 1 is 0.871 bits per heavy atom. The van der Waals surface area contributed by atoms with Crippen LogP contribution in [0.25, 0.3) is 0 Å². The normalized spacial score (nSPS) is 10.9. The summed E-state index contributed by atoms with van der Waals surface area (Å²) in [5.41, 5.74) is 1.36. The van der Waals surface area contributed by atoms with E-state index in [-0.39, 0.29) is 16.4 Å². The molecule has 3 aromatic carbocycles. The molecule has 0 atom stereocenters. The Hall–Kier alpha value is -3.36. The Labute approximate surface area is 185 Å². The molecule has 0 aliphatic rings. The number of rotatable bonds is 6. The quantitative estimate of drug-likeness (QED) is 0.588. The number of carbonyl (C=O) groups is 2. The Morgan fingerprint density at radius 3 is 2.19 bits per heavy atom. The summed E-state index contributed by atoms with van der Waals surface area (Å²) in [5, 5.41) is 5.60. The van der Waals surface area contributed by atoms with E-state index in [9.17, 15) is 18.0 Å². The molecule has 0 saturated heterocycles. The molecule has 0 radical (unpaired) electrons. The van der Waals surface area contributed by atoms with Crippen LogP contribution in [0.5, 0.6) is 0 Å². The highest BCUT2D eigenvalue weighted by molar-refractivity contribution is 7.92.